The molecule has 53 heteroatoms. The maximum atomic E-state index is 15.6. The first kappa shape index (κ1) is 124. The van der Waals surface area contributed by atoms with Crippen molar-refractivity contribution in [2.45, 2.75) is 279 Å². The highest BCUT2D eigenvalue weighted by Gasteiger charge is 2.45. The van der Waals surface area contributed by atoms with Crippen LogP contribution in [-0.4, -0.2) is 350 Å². The second-order valence-corrected chi connectivity index (χ2v) is 36.7. The molecule has 6 rings (SSSR count). The van der Waals surface area contributed by atoms with Crippen molar-refractivity contribution >= 4 is 118 Å². The lowest BCUT2D eigenvalue weighted by molar-refractivity contribution is -0.143. The van der Waals surface area contributed by atoms with Gasteiger partial charge >= 0.3 is 11.9 Å². The van der Waals surface area contributed by atoms with Crippen molar-refractivity contribution < 1.29 is 121 Å². The van der Waals surface area contributed by atoms with Gasteiger partial charge in [0.1, 0.15) is 78.9 Å². The number of nitrogens with zero attached hydrogens (tertiary/aromatic N) is 6. The zero-order valence-electron chi connectivity index (χ0n) is 84.9. The number of imidazole rings is 1. The topological polar surface area (TPSA) is 808 Å². The Morgan fingerprint density at radius 2 is 1.25 bits per heavy atom. The van der Waals surface area contributed by atoms with Crippen LogP contribution in [0.15, 0.2) is 91.1 Å². The summed E-state index contributed by atoms with van der Waals surface area (Å²) in [4.78, 5) is 274. The molecule has 0 bridgehead atoms. The number of carboxylic acids is 2. The fourth-order valence-corrected chi connectivity index (χ4v) is 16.3. The maximum Gasteiger partial charge on any atom is 0.317 e. The number of H-pyrrole nitrogens is 2. The number of allylic oxidation sites excluding steroid dienone is 4. The zero-order valence-corrected chi connectivity index (χ0v) is 84.9. The van der Waals surface area contributed by atoms with Gasteiger partial charge < -0.3 is 142 Å². The number of aromatic nitrogens is 6. The summed E-state index contributed by atoms with van der Waals surface area (Å²) in [7, 11) is 0. The Morgan fingerprint density at radius 1 is 0.620 bits per heavy atom. The molecule has 2 fully saturated rings. The highest BCUT2D eigenvalue weighted by molar-refractivity contribution is 6.01. The fraction of sp³-hybridized carbons (Fsp3) is 0.608. The van der Waals surface area contributed by atoms with Crippen molar-refractivity contribution in [3.05, 3.63) is 108 Å². The number of rotatable bonds is 63. The number of nitrogens with two attached hydrogens (primary N) is 3. The Hall–Kier alpha value is -14.7. The highest BCUT2D eigenvalue weighted by Crippen LogP contribution is 2.24. The van der Waals surface area contributed by atoms with Gasteiger partial charge in [0, 0.05) is 103 Å². The molecule has 0 aliphatic carbocycles. The van der Waals surface area contributed by atoms with E-state index in [9.17, 15) is 82.8 Å². The number of aliphatic hydroxyl groups excluding tert-OH is 2. The number of unbranched alkanes of at least 4 members (excludes halogenated alkanes) is 13. The van der Waals surface area contributed by atoms with Crippen molar-refractivity contribution in [2.75, 3.05) is 98.5 Å². The van der Waals surface area contributed by atoms with Crippen LogP contribution in [0.4, 0.5) is 0 Å². The number of amides is 17. The summed E-state index contributed by atoms with van der Waals surface area (Å²) in [5.74, 6) is -19.6. The number of carbonyl (C=O) groups excluding carboxylic acids is 17. The number of fused-ring (bicyclic) bond motifs is 1. The molecular formula is C97H150N28O25. The molecule has 29 N–H and O–H groups in total. The van der Waals surface area contributed by atoms with Crippen LogP contribution in [0, 0.1) is 5.41 Å². The van der Waals surface area contributed by atoms with Gasteiger partial charge in [-0.05, 0) is 91.3 Å². The Morgan fingerprint density at radius 3 is 1.90 bits per heavy atom. The number of aromatic amines is 2. The minimum Gasteiger partial charge on any atom is -0.480 e. The van der Waals surface area contributed by atoms with Crippen LogP contribution in [0.2, 0.25) is 0 Å². The number of primary amides is 2. The number of aliphatic hydroxyl groups is 2. The molecule has 1 aromatic carbocycles. The van der Waals surface area contributed by atoms with Gasteiger partial charge in [0.2, 0.25) is 100 Å². The number of carboxylic acid groups (broad SMARTS) is 2. The van der Waals surface area contributed by atoms with E-state index in [1.54, 1.807) is 61.7 Å². The third kappa shape index (κ3) is 50.3. The third-order valence-corrected chi connectivity index (χ3v) is 24.4. The Labute approximate surface area is 868 Å². The van der Waals surface area contributed by atoms with Gasteiger partial charge in [-0.2, -0.15) is 0 Å². The molecule has 3 aliphatic heterocycles. The SMILES string of the molecule is C=C1/C=C\C=C/CNC=C1C[C@@H]1NC(=O)[C@H](CCCNC(=N)N)NC(=O)[C@@H](Cc2ccccc2)NC(=O)[C@@H]2C[C@@H](O)CN2C(=O)[C@@H](NC(=O)[C@H](CCCC)NC(=O)[C@H](CNC(=O)CN(CC(=O)O)CC(=O)O)NC(=O)[C@H](Cc2c[nH]cn2)NC(=O)[C@H](CCC(N)=O)NC(=O)[C@H](CO)NC(=O)CNC(=O)COCCOCCNC(=O)CCCCCCCCCCCCCCCc2nnn[nH]2)CCC(=O)NCCCC[C@@H](C(N)=O)NC1=O. The normalized spacial score (nSPS) is 19.0. The summed E-state index contributed by atoms with van der Waals surface area (Å²) in [6.07, 6.45) is 21.7. The fourth-order valence-electron chi connectivity index (χ4n) is 16.3. The molecule has 2 aromatic heterocycles. The molecule has 5 heterocycles. The lowest BCUT2D eigenvalue weighted by Gasteiger charge is -2.31. The lowest BCUT2D eigenvalue weighted by atomic mass is 9.98. The minimum atomic E-state index is -2.08. The molecule has 0 spiro atoms. The Kier molecular flexibility index (Phi) is 58.0. The van der Waals surface area contributed by atoms with Crippen LogP contribution in [0.5, 0.6) is 0 Å². The van der Waals surface area contributed by atoms with E-state index in [1.165, 1.54) is 63.9 Å². The number of aliphatic carboxylic acids is 2. The van der Waals surface area contributed by atoms with E-state index in [1.807, 2.05) is 6.08 Å². The van der Waals surface area contributed by atoms with E-state index < -0.39 is 276 Å². The van der Waals surface area contributed by atoms with Gasteiger partial charge in [-0.25, -0.2) is 10.1 Å². The summed E-state index contributed by atoms with van der Waals surface area (Å²) >= 11 is 0. The van der Waals surface area contributed by atoms with Gasteiger partial charge in [-0.3, -0.25) is 101 Å². The number of guanidine groups is 1. The molecule has 0 unspecified atom stereocenters. The molecule has 12 atom stereocenters. The van der Waals surface area contributed by atoms with Gasteiger partial charge in [0.15, 0.2) is 5.96 Å². The van der Waals surface area contributed by atoms with Crippen LogP contribution < -0.4 is 102 Å². The number of aryl methyl sites for hydroxylation is 1. The van der Waals surface area contributed by atoms with Gasteiger partial charge in [0.25, 0.3) is 0 Å². The minimum absolute atomic E-state index is 0.00402. The van der Waals surface area contributed by atoms with E-state index in [0.717, 1.165) is 49.2 Å². The van der Waals surface area contributed by atoms with Crippen molar-refractivity contribution in [3.8, 4) is 0 Å². The van der Waals surface area contributed by atoms with Crippen molar-refractivity contribution in [1.29, 1.82) is 5.41 Å². The summed E-state index contributed by atoms with van der Waals surface area (Å²) in [5, 5.41) is 104. The van der Waals surface area contributed by atoms with Gasteiger partial charge in [-0.1, -0.05) is 152 Å². The first-order valence-electron chi connectivity index (χ1n) is 50.8. The van der Waals surface area contributed by atoms with Crippen molar-refractivity contribution in [3.63, 3.8) is 0 Å². The predicted octanol–water partition coefficient (Wildman–Crippen LogP) is -5.10. The third-order valence-electron chi connectivity index (χ3n) is 24.4. The van der Waals surface area contributed by atoms with Crippen molar-refractivity contribution in [1.82, 2.24) is 125 Å². The van der Waals surface area contributed by atoms with Crippen LogP contribution >= 0.6 is 0 Å². The molecular weight excluding hydrogens is 1960 g/mol. The van der Waals surface area contributed by atoms with Gasteiger partial charge in [-0.15, -0.1) is 5.10 Å². The van der Waals surface area contributed by atoms with Crippen LogP contribution in [0.1, 0.15) is 204 Å². The molecule has 828 valence electrons. The number of ether oxygens (including phenoxy) is 2. The predicted molar refractivity (Wildman–Crippen MR) is 540 cm³/mol. The Bertz CT molecular complexity index is 4960. The first-order valence-corrected chi connectivity index (χ1v) is 50.8. The summed E-state index contributed by atoms with van der Waals surface area (Å²) < 4.78 is 10.9. The number of hydrogen-bond donors (Lipinski definition) is 26. The molecule has 0 radical (unpaired) electrons. The van der Waals surface area contributed by atoms with E-state index >= 15 is 28.8 Å². The molecule has 3 aromatic rings. The van der Waals surface area contributed by atoms with E-state index in [4.69, 9.17) is 32.1 Å². The number of hydrogen-bond acceptors (Lipinski definition) is 30. The number of benzene rings is 1. The van der Waals surface area contributed by atoms with E-state index in [2.05, 4.69) is 122 Å². The molecule has 17 amide bonds. The number of carbonyl (C=O) groups is 19. The average molecular weight is 2110 g/mol. The summed E-state index contributed by atoms with van der Waals surface area (Å²) in [5.41, 5.74) is 18.4. The summed E-state index contributed by atoms with van der Waals surface area (Å²) in [6, 6.07) is -10.8. The smallest absolute Gasteiger partial charge is 0.317 e. The second-order valence-electron chi connectivity index (χ2n) is 36.7. The van der Waals surface area contributed by atoms with E-state index in [0.29, 0.717) is 41.0 Å². The Balaban J connectivity index is 1.17. The standard InChI is InChI=1S/C97H150N28O25/c1-3-4-30-67(87(139)115-70-36-38-80(130)104-40-25-23-31-66(86(99)138)111-91(143)72(47-63-50-102-39-24-17-18-27-61(63)2)116-88(140)68(32-26-41-106-97(100)101)112-90(142)71(46-62-28-19-16-20-29-62)118-95(147)76-49-65(127)54-125(76)96(70)148)113-93(145)74(52-107-82(132)55-124(56-84(134)135)57-85(136)137)119-92(144)73(48-64-51-103-60-109-64)117-89(141)69(35-37-77(98)128)114-94(146)75(58-126)110-81(131)53-108-83(133)59-150-45-44-149-43-42-105-79(129)34-22-15-13-11-9-7-5-6-8-10-12-14-21-33-78-120-122-123-121-78/h16-20,24,27-29,50-51,60,65-76,102,126-127H,2-15,21-23,25-26,30-49,52-59H2,1H3,(H2,98,128)(H2,99,138)(H,103,109)(H,104,130)(H,105,129)(H,107,132)(H,108,133)(H,110,131)(H,111,143)(H,112,142)(H,113,145)(H,114,146)(H,115,139)(H,116,140)(H,117,141)(H,118,147)(H,119,144)(H,134,135)(H,136,137)(H4,100,101,106)(H,120,121,122,123)/b24-17-,27-18-,63-50?/t65-,66+,67+,68+,69+,70+,71-,72+,73+,74+,75+,76+/m1/s1. The lowest BCUT2D eigenvalue weighted by Crippen LogP contribution is -2.62. The monoisotopic (exact) mass is 2110 g/mol. The van der Waals surface area contributed by atoms with E-state index in [-0.39, 0.29) is 109 Å². The quantitative estimate of drug-likeness (QED) is 0.0143. The molecule has 0 saturated carbocycles. The molecule has 53 nitrogen and oxygen atoms in total. The molecule has 3 aliphatic rings. The molecule has 150 heavy (non-hydrogen) atoms. The number of tetrazole rings is 1. The average Bonchev–Trinajstić information content (AvgIpc) is 1.65. The van der Waals surface area contributed by atoms with Gasteiger partial charge in [0.05, 0.1) is 70.7 Å². The number of nitrogens with one attached hydrogen (secondary N) is 19. The summed E-state index contributed by atoms with van der Waals surface area (Å²) in [6.45, 7) is -0.409. The van der Waals surface area contributed by atoms with Crippen molar-refractivity contribution in [2.24, 2.45) is 17.2 Å². The van der Waals surface area contributed by atoms with Crippen LogP contribution in [0.3, 0.4) is 0 Å². The zero-order chi connectivity index (χ0) is 109. The molecule has 2 saturated heterocycles. The largest absolute Gasteiger partial charge is 0.480 e. The maximum absolute atomic E-state index is 15.6. The van der Waals surface area contributed by atoms with Crippen LogP contribution in [-0.2, 0) is 120 Å². The first-order chi connectivity index (χ1) is 72.0. The highest BCUT2D eigenvalue weighted by atomic mass is 16.5. The van der Waals surface area contributed by atoms with Crippen LogP contribution in [0.25, 0.3) is 0 Å². The second kappa shape index (κ2) is 70.2.